The normalized spacial score (nSPS) is 21.8. The number of nitrogens with one attached hydrogen (secondary N) is 1. The van der Waals surface area contributed by atoms with Crippen molar-refractivity contribution >= 4 is 35.1 Å². The highest BCUT2D eigenvalue weighted by atomic mass is 16.5. The summed E-state index contributed by atoms with van der Waals surface area (Å²) in [6, 6.07) is 7.28. The van der Waals surface area contributed by atoms with Crippen molar-refractivity contribution < 1.29 is 23.9 Å². The average molecular weight is 415 g/mol. The Morgan fingerprint density at radius 1 is 1.10 bits per heavy atom. The van der Waals surface area contributed by atoms with Gasteiger partial charge in [0.1, 0.15) is 0 Å². The van der Waals surface area contributed by atoms with Crippen LogP contribution in [0.15, 0.2) is 24.3 Å². The van der Waals surface area contributed by atoms with Gasteiger partial charge < -0.3 is 15.0 Å². The highest BCUT2D eigenvalue weighted by Gasteiger charge is 2.47. The van der Waals surface area contributed by atoms with Gasteiger partial charge in [-0.3, -0.25) is 24.1 Å². The molecule has 1 aliphatic heterocycles. The van der Waals surface area contributed by atoms with Crippen LogP contribution >= 0.6 is 0 Å². The Morgan fingerprint density at radius 2 is 1.67 bits per heavy atom. The first-order valence-electron chi connectivity index (χ1n) is 10.4. The van der Waals surface area contributed by atoms with E-state index in [0.717, 1.165) is 31.4 Å². The summed E-state index contributed by atoms with van der Waals surface area (Å²) >= 11 is 0. The lowest BCUT2D eigenvalue weighted by molar-refractivity contribution is -0.154. The topological polar surface area (TPSA) is 96.0 Å². The fraction of sp³-hybridized carbons (Fsp3) is 0.545. The number of hydrogen-bond donors (Lipinski definition) is 1. The molecule has 2 fully saturated rings. The predicted molar refractivity (Wildman–Crippen MR) is 112 cm³/mol. The van der Waals surface area contributed by atoms with Crippen LogP contribution in [0.25, 0.3) is 0 Å². The quantitative estimate of drug-likeness (QED) is 0.542. The Kier molecular flexibility index (Phi) is 6.74. The molecule has 1 aromatic carbocycles. The summed E-state index contributed by atoms with van der Waals surface area (Å²) in [5.41, 5.74) is 1.60. The number of imide groups is 1. The van der Waals surface area contributed by atoms with Gasteiger partial charge in [-0.05, 0) is 44.0 Å². The third-order valence-electron chi connectivity index (χ3n) is 5.80. The first kappa shape index (κ1) is 21.8. The Labute approximate surface area is 176 Å². The number of carbonyl (C=O) groups is 4. The second kappa shape index (κ2) is 9.28. The second-order valence-electron chi connectivity index (χ2n) is 8.14. The number of ether oxygens (including phenoxy) is 1. The molecule has 0 bridgehead atoms. The number of hydrogen-bond acceptors (Lipinski definition) is 6. The van der Waals surface area contributed by atoms with Gasteiger partial charge in [-0.15, -0.1) is 0 Å². The minimum Gasteiger partial charge on any atom is -0.452 e. The summed E-state index contributed by atoms with van der Waals surface area (Å²) in [5, 5.41) is 2.70. The van der Waals surface area contributed by atoms with Crippen molar-refractivity contribution in [2.24, 2.45) is 11.8 Å². The average Bonchev–Trinajstić information content (AvgIpc) is 2.97. The van der Waals surface area contributed by atoms with E-state index in [0.29, 0.717) is 5.69 Å². The number of esters is 1. The van der Waals surface area contributed by atoms with Crippen LogP contribution in [-0.4, -0.2) is 55.3 Å². The maximum absolute atomic E-state index is 12.4. The lowest BCUT2D eigenvalue weighted by Gasteiger charge is -2.19. The molecule has 0 radical (unpaired) electrons. The van der Waals surface area contributed by atoms with Crippen LogP contribution in [0.2, 0.25) is 0 Å². The minimum absolute atomic E-state index is 0.00381. The third kappa shape index (κ3) is 4.80. The highest BCUT2D eigenvalue weighted by molar-refractivity contribution is 6.05. The Bertz CT molecular complexity index is 797. The van der Waals surface area contributed by atoms with Crippen molar-refractivity contribution in [2.75, 3.05) is 30.9 Å². The van der Waals surface area contributed by atoms with Crippen LogP contribution in [0.1, 0.15) is 39.0 Å². The van der Waals surface area contributed by atoms with E-state index in [1.54, 1.807) is 12.1 Å². The number of carbonyl (C=O) groups excluding carboxylic acids is 4. The van der Waals surface area contributed by atoms with Crippen molar-refractivity contribution in [3.05, 3.63) is 24.3 Å². The number of amides is 3. The van der Waals surface area contributed by atoms with E-state index in [4.69, 9.17) is 4.74 Å². The molecule has 1 aliphatic carbocycles. The summed E-state index contributed by atoms with van der Waals surface area (Å²) in [6.07, 6.45) is 2.29. The second-order valence-corrected chi connectivity index (χ2v) is 8.14. The molecule has 1 N–H and O–H groups in total. The summed E-state index contributed by atoms with van der Waals surface area (Å²) in [4.78, 5) is 52.5. The molecule has 3 rings (SSSR count). The van der Waals surface area contributed by atoms with Crippen molar-refractivity contribution in [2.45, 2.75) is 45.1 Å². The molecular weight excluding hydrogens is 386 g/mol. The van der Waals surface area contributed by atoms with Crippen molar-refractivity contribution in [3.8, 4) is 0 Å². The number of rotatable bonds is 7. The SMILES string of the molecule is C[C@H](OC(=O)CCN1C(=O)[C@H]2CCCC[C@@H]2C1=O)C(=O)Nc1ccc(N(C)C)cc1. The lowest BCUT2D eigenvalue weighted by atomic mass is 9.81. The van der Waals surface area contributed by atoms with Crippen molar-refractivity contribution in [1.82, 2.24) is 4.90 Å². The van der Waals surface area contributed by atoms with Gasteiger partial charge >= 0.3 is 5.97 Å². The fourth-order valence-corrected chi connectivity index (χ4v) is 4.05. The minimum atomic E-state index is -0.987. The number of likely N-dealkylation sites (tertiary alicyclic amines) is 1. The monoisotopic (exact) mass is 415 g/mol. The van der Waals surface area contributed by atoms with Gasteiger partial charge in [0.2, 0.25) is 11.8 Å². The Hall–Kier alpha value is -2.90. The van der Waals surface area contributed by atoms with E-state index in [9.17, 15) is 19.2 Å². The molecule has 2 aliphatic rings. The smallest absolute Gasteiger partial charge is 0.308 e. The van der Waals surface area contributed by atoms with Crippen LogP contribution in [-0.2, 0) is 23.9 Å². The number of benzene rings is 1. The number of anilines is 2. The van der Waals surface area contributed by atoms with E-state index in [2.05, 4.69) is 5.32 Å². The van der Waals surface area contributed by atoms with E-state index < -0.39 is 18.0 Å². The van der Waals surface area contributed by atoms with Crippen LogP contribution in [0.3, 0.4) is 0 Å². The summed E-state index contributed by atoms with van der Waals surface area (Å²) < 4.78 is 5.19. The lowest BCUT2D eigenvalue weighted by Crippen LogP contribution is -2.35. The molecule has 0 aromatic heterocycles. The van der Waals surface area contributed by atoms with Gasteiger partial charge in [0, 0.05) is 32.0 Å². The molecule has 3 amide bonds. The van der Waals surface area contributed by atoms with E-state index in [1.807, 2.05) is 31.1 Å². The standard InChI is InChI=1S/C22H29N3O5/c1-14(20(27)23-15-8-10-16(11-9-15)24(2)3)30-19(26)12-13-25-21(28)17-6-4-5-7-18(17)22(25)29/h8-11,14,17-18H,4-7,12-13H2,1-3H3,(H,23,27)/t14-,17-,18-/m0/s1. The molecule has 0 spiro atoms. The largest absolute Gasteiger partial charge is 0.452 e. The molecule has 0 unspecified atom stereocenters. The predicted octanol–water partition coefficient (Wildman–Crippen LogP) is 2.19. The number of fused-ring (bicyclic) bond motifs is 1. The molecule has 3 atom stereocenters. The van der Waals surface area contributed by atoms with Crippen LogP contribution < -0.4 is 10.2 Å². The van der Waals surface area contributed by atoms with Crippen molar-refractivity contribution in [3.63, 3.8) is 0 Å². The van der Waals surface area contributed by atoms with Crippen LogP contribution in [0.4, 0.5) is 11.4 Å². The van der Waals surface area contributed by atoms with Crippen LogP contribution in [0, 0.1) is 11.8 Å². The highest BCUT2D eigenvalue weighted by Crippen LogP contribution is 2.38. The molecule has 1 saturated heterocycles. The third-order valence-corrected chi connectivity index (χ3v) is 5.80. The zero-order valence-electron chi connectivity index (χ0n) is 17.7. The molecule has 1 heterocycles. The Balaban J connectivity index is 1.46. The van der Waals surface area contributed by atoms with E-state index >= 15 is 0 Å². The number of nitrogens with zero attached hydrogens (tertiary/aromatic N) is 2. The van der Waals surface area contributed by atoms with Gasteiger partial charge in [-0.1, -0.05) is 12.8 Å². The summed E-state index contributed by atoms with van der Waals surface area (Å²) in [5.74, 6) is -1.87. The van der Waals surface area contributed by atoms with Gasteiger partial charge in [0.15, 0.2) is 6.10 Å². The zero-order chi connectivity index (χ0) is 21.8. The van der Waals surface area contributed by atoms with Gasteiger partial charge in [-0.25, -0.2) is 0 Å². The molecule has 1 saturated carbocycles. The maximum Gasteiger partial charge on any atom is 0.308 e. The Morgan fingerprint density at radius 3 is 2.20 bits per heavy atom. The molecule has 30 heavy (non-hydrogen) atoms. The molecular formula is C22H29N3O5. The zero-order valence-corrected chi connectivity index (χ0v) is 17.7. The maximum atomic E-state index is 12.4. The molecule has 8 nitrogen and oxygen atoms in total. The van der Waals surface area contributed by atoms with Gasteiger partial charge in [-0.2, -0.15) is 0 Å². The summed E-state index contributed by atoms with van der Waals surface area (Å²) in [6.45, 7) is 1.49. The van der Waals surface area contributed by atoms with Crippen molar-refractivity contribution in [1.29, 1.82) is 0 Å². The van der Waals surface area contributed by atoms with Crippen LogP contribution in [0.5, 0.6) is 0 Å². The van der Waals surface area contributed by atoms with E-state index in [-0.39, 0.29) is 36.6 Å². The molecule has 1 aromatic rings. The fourth-order valence-electron chi connectivity index (χ4n) is 4.05. The first-order valence-corrected chi connectivity index (χ1v) is 10.4. The summed E-state index contributed by atoms with van der Waals surface area (Å²) in [7, 11) is 3.85. The first-order chi connectivity index (χ1) is 14.3. The molecule has 8 heteroatoms. The van der Waals surface area contributed by atoms with Gasteiger partial charge in [0.05, 0.1) is 18.3 Å². The molecule has 162 valence electrons. The van der Waals surface area contributed by atoms with Gasteiger partial charge in [0.25, 0.3) is 5.91 Å². The van der Waals surface area contributed by atoms with E-state index in [1.165, 1.54) is 11.8 Å².